The summed E-state index contributed by atoms with van der Waals surface area (Å²) in [7, 11) is -3.52. The van der Waals surface area contributed by atoms with E-state index in [0.29, 0.717) is 22.5 Å². The van der Waals surface area contributed by atoms with E-state index in [1.165, 1.54) is 11.3 Å². The van der Waals surface area contributed by atoms with Crippen molar-refractivity contribution in [2.75, 3.05) is 29.4 Å². The number of aryl methyl sites for hydroxylation is 1. The molecule has 1 atom stereocenters. The van der Waals surface area contributed by atoms with Gasteiger partial charge >= 0.3 is 0 Å². The Hall–Kier alpha value is -1.57. The molecule has 7 heteroatoms. The van der Waals surface area contributed by atoms with Crippen LogP contribution in [0.5, 0.6) is 0 Å². The molecule has 2 aromatic rings. The van der Waals surface area contributed by atoms with Crippen molar-refractivity contribution in [1.82, 2.24) is 0 Å². The van der Waals surface area contributed by atoms with Crippen LogP contribution in [-0.4, -0.2) is 34.2 Å². The largest absolute Gasteiger partial charge is 0.377 e. The van der Waals surface area contributed by atoms with Gasteiger partial charge in [-0.3, -0.25) is 4.72 Å². The SMILES string of the molecule is CCc1ccc(S(=O)(=O)Nc2ccc(N3CCOCC3C)cc2)s1. The lowest BCUT2D eigenvalue weighted by molar-refractivity contribution is 0.0989. The van der Waals surface area contributed by atoms with Gasteiger partial charge in [0.1, 0.15) is 4.21 Å². The standard InChI is InChI=1S/C17H22N2O3S2/c1-3-16-8-9-17(23-16)24(20,21)18-14-4-6-15(7-5-14)19-10-11-22-12-13(19)2/h4-9,13,18H,3,10-12H2,1-2H3. The maximum atomic E-state index is 12.4. The number of ether oxygens (including phenoxy) is 1. The first-order valence-corrected chi connectivity index (χ1v) is 10.4. The molecule has 1 saturated heterocycles. The van der Waals surface area contributed by atoms with Crippen molar-refractivity contribution >= 4 is 32.7 Å². The molecule has 24 heavy (non-hydrogen) atoms. The Labute approximate surface area is 147 Å². The second kappa shape index (κ2) is 7.13. The fourth-order valence-corrected chi connectivity index (χ4v) is 5.08. The van der Waals surface area contributed by atoms with Crippen molar-refractivity contribution in [3.63, 3.8) is 0 Å². The number of nitrogens with one attached hydrogen (secondary N) is 1. The molecule has 130 valence electrons. The highest BCUT2D eigenvalue weighted by Crippen LogP contribution is 2.26. The number of sulfonamides is 1. The highest BCUT2D eigenvalue weighted by molar-refractivity contribution is 7.94. The van der Waals surface area contributed by atoms with Gasteiger partial charge in [-0.05, 0) is 49.7 Å². The quantitative estimate of drug-likeness (QED) is 0.882. The minimum Gasteiger partial charge on any atom is -0.377 e. The zero-order valence-corrected chi connectivity index (χ0v) is 15.5. The Morgan fingerprint density at radius 2 is 2.00 bits per heavy atom. The highest BCUT2D eigenvalue weighted by Gasteiger charge is 2.20. The third-order valence-electron chi connectivity index (χ3n) is 4.07. The van der Waals surface area contributed by atoms with Gasteiger partial charge in [0.05, 0.1) is 13.2 Å². The molecule has 1 aromatic carbocycles. The number of rotatable bonds is 5. The van der Waals surface area contributed by atoms with Crippen LogP contribution in [0.2, 0.25) is 0 Å². The number of nitrogens with zero attached hydrogens (tertiary/aromatic N) is 1. The lowest BCUT2D eigenvalue weighted by Gasteiger charge is -2.35. The molecule has 1 aliphatic rings. The number of thiophene rings is 1. The molecule has 3 rings (SSSR count). The summed E-state index contributed by atoms with van der Waals surface area (Å²) in [6.07, 6.45) is 0.840. The van der Waals surface area contributed by atoms with E-state index in [2.05, 4.69) is 16.5 Å². The predicted molar refractivity (Wildman–Crippen MR) is 98.6 cm³/mol. The Kier molecular flexibility index (Phi) is 5.12. The van der Waals surface area contributed by atoms with Crippen molar-refractivity contribution in [1.29, 1.82) is 0 Å². The van der Waals surface area contributed by atoms with E-state index in [-0.39, 0.29) is 0 Å². The molecule has 1 aromatic heterocycles. The van der Waals surface area contributed by atoms with Gasteiger partial charge in [-0.25, -0.2) is 8.42 Å². The predicted octanol–water partition coefficient (Wildman–Crippen LogP) is 3.34. The number of benzene rings is 1. The summed E-state index contributed by atoms with van der Waals surface area (Å²) in [6, 6.07) is 11.4. The average molecular weight is 367 g/mol. The molecular weight excluding hydrogens is 344 g/mol. The van der Waals surface area contributed by atoms with E-state index in [4.69, 9.17) is 4.74 Å². The summed E-state index contributed by atoms with van der Waals surface area (Å²) in [5, 5.41) is 0. The third kappa shape index (κ3) is 3.74. The van der Waals surface area contributed by atoms with E-state index in [9.17, 15) is 8.42 Å². The molecule has 0 saturated carbocycles. The molecule has 1 fully saturated rings. The monoisotopic (exact) mass is 366 g/mol. The zero-order chi connectivity index (χ0) is 17.2. The summed E-state index contributed by atoms with van der Waals surface area (Å²) < 4.78 is 33.3. The van der Waals surface area contributed by atoms with E-state index in [1.807, 2.05) is 37.3 Å². The van der Waals surface area contributed by atoms with Crippen LogP contribution in [-0.2, 0) is 21.2 Å². The minimum atomic E-state index is -3.52. The van der Waals surface area contributed by atoms with E-state index >= 15 is 0 Å². The summed E-state index contributed by atoms with van der Waals surface area (Å²) in [4.78, 5) is 3.33. The van der Waals surface area contributed by atoms with Crippen molar-refractivity contribution in [3.8, 4) is 0 Å². The van der Waals surface area contributed by atoms with Crippen LogP contribution in [0.4, 0.5) is 11.4 Å². The van der Waals surface area contributed by atoms with Crippen LogP contribution >= 0.6 is 11.3 Å². The second-order valence-electron chi connectivity index (χ2n) is 5.84. The summed E-state index contributed by atoms with van der Waals surface area (Å²) >= 11 is 1.31. The molecule has 0 spiro atoms. The van der Waals surface area contributed by atoms with Crippen LogP contribution in [0.3, 0.4) is 0 Å². The number of hydrogen-bond donors (Lipinski definition) is 1. The van der Waals surface area contributed by atoms with Gasteiger partial charge in [0.25, 0.3) is 10.0 Å². The molecule has 2 heterocycles. The summed E-state index contributed by atoms with van der Waals surface area (Å²) in [5.41, 5.74) is 1.66. The van der Waals surface area contributed by atoms with Gasteiger partial charge in [-0.15, -0.1) is 11.3 Å². The van der Waals surface area contributed by atoms with Crippen molar-refractivity contribution in [2.45, 2.75) is 30.5 Å². The molecule has 0 aliphatic carbocycles. The molecule has 0 amide bonds. The average Bonchev–Trinajstić information content (AvgIpc) is 3.06. The lowest BCUT2D eigenvalue weighted by Crippen LogP contribution is -2.43. The molecule has 1 N–H and O–H groups in total. The van der Waals surface area contributed by atoms with Gasteiger partial charge in [-0.1, -0.05) is 6.92 Å². The molecule has 1 aliphatic heterocycles. The van der Waals surface area contributed by atoms with Crippen LogP contribution in [0, 0.1) is 0 Å². The Morgan fingerprint density at radius 3 is 2.62 bits per heavy atom. The lowest BCUT2D eigenvalue weighted by atomic mass is 10.2. The topological polar surface area (TPSA) is 58.6 Å². The molecular formula is C17H22N2O3S2. The van der Waals surface area contributed by atoms with E-state index in [1.54, 1.807) is 6.07 Å². The molecule has 1 unspecified atom stereocenters. The molecule has 5 nitrogen and oxygen atoms in total. The van der Waals surface area contributed by atoms with Gasteiger partial charge in [0, 0.05) is 28.8 Å². The fraction of sp³-hybridized carbons (Fsp3) is 0.412. The Morgan fingerprint density at radius 1 is 1.25 bits per heavy atom. The fourth-order valence-electron chi connectivity index (χ4n) is 2.73. The smallest absolute Gasteiger partial charge is 0.271 e. The van der Waals surface area contributed by atoms with Crippen LogP contribution in [0.15, 0.2) is 40.6 Å². The first kappa shape index (κ1) is 17.3. The Balaban J connectivity index is 1.73. The van der Waals surface area contributed by atoms with Crippen LogP contribution in [0.25, 0.3) is 0 Å². The summed E-state index contributed by atoms with van der Waals surface area (Å²) in [5.74, 6) is 0. The molecule has 0 bridgehead atoms. The number of hydrogen-bond acceptors (Lipinski definition) is 5. The molecule has 0 radical (unpaired) electrons. The van der Waals surface area contributed by atoms with Crippen molar-refractivity contribution < 1.29 is 13.2 Å². The normalized spacial score (nSPS) is 18.6. The van der Waals surface area contributed by atoms with Gasteiger partial charge in [-0.2, -0.15) is 0 Å². The van der Waals surface area contributed by atoms with Crippen LogP contribution < -0.4 is 9.62 Å². The van der Waals surface area contributed by atoms with Gasteiger partial charge < -0.3 is 9.64 Å². The first-order chi connectivity index (χ1) is 11.5. The highest BCUT2D eigenvalue weighted by atomic mass is 32.2. The Bertz CT molecular complexity index is 784. The summed E-state index contributed by atoms with van der Waals surface area (Å²) in [6.45, 7) is 6.42. The first-order valence-electron chi connectivity index (χ1n) is 8.05. The van der Waals surface area contributed by atoms with Crippen molar-refractivity contribution in [2.24, 2.45) is 0 Å². The minimum absolute atomic E-state index is 0.319. The van der Waals surface area contributed by atoms with E-state index < -0.39 is 10.0 Å². The van der Waals surface area contributed by atoms with Gasteiger partial charge in [0.2, 0.25) is 0 Å². The van der Waals surface area contributed by atoms with E-state index in [0.717, 1.165) is 30.1 Å². The maximum Gasteiger partial charge on any atom is 0.271 e. The van der Waals surface area contributed by atoms with Gasteiger partial charge in [0.15, 0.2) is 0 Å². The van der Waals surface area contributed by atoms with Crippen LogP contribution in [0.1, 0.15) is 18.7 Å². The van der Waals surface area contributed by atoms with Crippen molar-refractivity contribution in [3.05, 3.63) is 41.3 Å². The third-order valence-corrected chi connectivity index (χ3v) is 7.17. The number of anilines is 2. The maximum absolute atomic E-state index is 12.4. The number of morpholine rings is 1. The second-order valence-corrected chi connectivity index (χ2v) is 8.92. The zero-order valence-electron chi connectivity index (χ0n) is 13.9.